The Kier molecular flexibility index (Phi) is 7.82. The molecule has 1 saturated heterocycles. The fraction of sp³-hybridized carbons (Fsp3) is 0.391. The van der Waals surface area contributed by atoms with E-state index in [1.807, 2.05) is 49.4 Å². The number of nitrogens with one attached hydrogen (secondary N) is 4. The summed E-state index contributed by atoms with van der Waals surface area (Å²) in [6.45, 7) is 6.95. The van der Waals surface area contributed by atoms with Gasteiger partial charge in [-0.2, -0.15) is 0 Å². The van der Waals surface area contributed by atoms with Crippen molar-refractivity contribution in [2.24, 2.45) is 0 Å². The highest BCUT2D eigenvalue weighted by Gasteiger charge is 2.36. The van der Waals surface area contributed by atoms with Crippen LogP contribution < -0.4 is 25.2 Å². The summed E-state index contributed by atoms with van der Waals surface area (Å²) in [5.74, 6) is 0.618. The molecule has 1 atom stereocenters. The lowest BCUT2D eigenvalue weighted by atomic mass is 10.0. The number of imide groups is 1. The number of carbonyl (C=O) groups is 2. The van der Waals surface area contributed by atoms with E-state index in [9.17, 15) is 9.59 Å². The van der Waals surface area contributed by atoms with E-state index in [1.54, 1.807) is 7.11 Å². The highest BCUT2D eigenvalue weighted by molar-refractivity contribution is 5.96. The maximum absolute atomic E-state index is 12.9. The molecule has 1 heterocycles. The molecule has 3 rings (SSSR count). The molecule has 0 spiro atoms. The lowest BCUT2D eigenvalue weighted by Crippen LogP contribution is -3.28. The number of hydrogen-bond acceptors (Lipinski definition) is 3. The van der Waals surface area contributed by atoms with Crippen molar-refractivity contribution < 1.29 is 24.1 Å². The Morgan fingerprint density at radius 1 is 1.00 bits per heavy atom. The van der Waals surface area contributed by atoms with Gasteiger partial charge in [0.1, 0.15) is 38.5 Å². The zero-order valence-corrected chi connectivity index (χ0v) is 17.7. The van der Waals surface area contributed by atoms with E-state index < -0.39 is 12.1 Å². The van der Waals surface area contributed by atoms with Crippen molar-refractivity contribution in [3.05, 3.63) is 65.7 Å². The fourth-order valence-corrected chi connectivity index (χ4v) is 4.03. The van der Waals surface area contributed by atoms with E-state index in [2.05, 4.69) is 22.8 Å². The Morgan fingerprint density at radius 3 is 2.27 bits per heavy atom. The highest BCUT2D eigenvalue weighted by atomic mass is 16.5. The van der Waals surface area contributed by atoms with Crippen LogP contribution in [0.2, 0.25) is 0 Å². The Hall–Kier alpha value is -2.90. The number of quaternary nitrogens is 2. The van der Waals surface area contributed by atoms with Crippen LogP contribution in [0.1, 0.15) is 24.1 Å². The van der Waals surface area contributed by atoms with E-state index in [-0.39, 0.29) is 5.91 Å². The van der Waals surface area contributed by atoms with Crippen LogP contribution in [0.3, 0.4) is 0 Å². The zero-order chi connectivity index (χ0) is 21.3. The third kappa shape index (κ3) is 5.81. The molecule has 7 nitrogen and oxygen atoms in total. The van der Waals surface area contributed by atoms with Gasteiger partial charge < -0.3 is 19.9 Å². The largest absolute Gasteiger partial charge is 0.497 e. The van der Waals surface area contributed by atoms with Crippen LogP contribution >= 0.6 is 0 Å². The molecule has 3 amide bonds. The lowest BCUT2D eigenvalue weighted by Gasteiger charge is -2.34. The highest BCUT2D eigenvalue weighted by Crippen LogP contribution is 2.11. The van der Waals surface area contributed by atoms with Crippen molar-refractivity contribution in [3.8, 4) is 5.75 Å². The van der Waals surface area contributed by atoms with Crippen molar-refractivity contribution in [2.45, 2.75) is 19.5 Å². The molecule has 2 aromatic rings. The quantitative estimate of drug-likeness (QED) is 0.498. The van der Waals surface area contributed by atoms with Gasteiger partial charge in [0.05, 0.1) is 7.11 Å². The predicted octanol–water partition coefficient (Wildman–Crippen LogP) is -0.434. The standard InChI is InChI=1S/C23H30N4O3/c1-3-24-23(29)25-22(28)21(19-7-5-4-6-8-19)27-15-13-26(14-16-27)17-18-9-11-20(30-2)12-10-18/h4-12,21H,3,13-17H2,1-2H3,(H2,24,25,28,29)/p+2/t21-/m0/s1. The second kappa shape index (κ2) is 10.8. The number of ether oxygens (including phenoxy) is 1. The number of benzene rings is 2. The Labute approximate surface area is 178 Å². The van der Waals surface area contributed by atoms with Gasteiger partial charge in [0.2, 0.25) is 0 Å². The van der Waals surface area contributed by atoms with Crippen LogP contribution in [0, 0.1) is 0 Å². The van der Waals surface area contributed by atoms with Crippen molar-refractivity contribution in [3.63, 3.8) is 0 Å². The first-order chi connectivity index (χ1) is 14.6. The molecule has 1 fully saturated rings. The average molecular weight is 413 g/mol. The van der Waals surface area contributed by atoms with Gasteiger partial charge in [0.25, 0.3) is 5.91 Å². The molecule has 0 unspecified atom stereocenters. The number of carbonyl (C=O) groups excluding carboxylic acids is 2. The van der Waals surface area contributed by atoms with Gasteiger partial charge in [-0.1, -0.05) is 30.3 Å². The molecule has 0 bridgehead atoms. The van der Waals surface area contributed by atoms with Gasteiger partial charge in [0.15, 0.2) is 6.04 Å². The molecule has 0 aliphatic carbocycles. The molecular formula is C23H32N4O3+2. The van der Waals surface area contributed by atoms with Crippen molar-refractivity contribution >= 4 is 11.9 Å². The second-order valence-corrected chi connectivity index (χ2v) is 7.63. The SMILES string of the molecule is CCNC(=O)NC(=O)[C@H](c1ccccc1)[NH+]1CC[NH+](Cc2ccc(OC)cc2)CC1. The van der Waals surface area contributed by atoms with Crippen LogP contribution in [0.5, 0.6) is 5.75 Å². The minimum atomic E-state index is -0.438. The number of rotatable bonds is 7. The first kappa shape index (κ1) is 21.8. The Bertz CT molecular complexity index is 818. The van der Waals surface area contributed by atoms with E-state index in [0.717, 1.165) is 44.0 Å². The van der Waals surface area contributed by atoms with Crippen molar-refractivity contribution in [1.82, 2.24) is 10.6 Å². The smallest absolute Gasteiger partial charge is 0.321 e. The summed E-state index contributed by atoms with van der Waals surface area (Å²) in [4.78, 5) is 27.6. The third-order valence-corrected chi connectivity index (χ3v) is 5.59. The normalized spacial score (nSPS) is 19.5. The predicted molar refractivity (Wildman–Crippen MR) is 114 cm³/mol. The molecule has 0 radical (unpaired) electrons. The van der Waals surface area contributed by atoms with Gasteiger partial charge in [0, 0.05) is 17.7 Å². The summed E-state index contributed by atoms with van der Waals surface area (Å²) in [5.41, 5.74) is 2.22. The fourth-order valence-electron chi connectivity index (χ4n) is 4.03. The summed E-state index contributed by atoms with van der Waals surface area (Å²) >= 11 is 0. The van der Waals surface area contributed by atoms with E-state index in [1.165, 1.54) is 15.4 Å². The van der Waals surface area contributed by atoms with Crippen molar-refractivity contribution in [2.75, 3.05) is 39.8 Å². The molecule has 1 aliphatic heterocycles. The van der Waals surface area contributed by atoms with Gasteiger partial charge in [-0.25, -0.2) is 4.79 Å². The summed E-state index contributed by atoms with van der Waals surface area (Å²) in [7, 11) is 1.67. The third-order valence-electron chi connectivity index (χ3n) is 5.59. The second-order valence-electron chi connectivity index (χ2n) is 7.63. The van der Waals surface area contributed by atoms with Crippen molar-refractivity contribution in [1.29, 1.82) is 0 Å². The lowest BCUT2D eigenvalue weighted by molar-refractivity contribution is -1.03. The maximum Gasteiger partial charge on any atom is 0.321 e. The molecule has 160 valence electrons. The van der Waals surface area contributed by atoms with Gasteiger partial charge >= 0.3 is 6.03 Å². The Balaban J connectivity index is 1.64. The zero-order valence-electron chi connectivity index (χ0n) is 17.7. The number of urea groups is 1. The number of methoxy groups -OCH3 is 1. The van der Waals surface area contributed by atoms with Gasteiger partial charge in [-0.05, 0) is 31.2 Å². The number of piperazine rings is 1. The van der Waals surface area contributed by atoms with Crippen LogP contribution in [-0.2, 0) is 11.3 Å². The first-order valence-electron chi connectivity index (χ1n) is 10.6. The van der Waals surface area contributed by atoms with Gasteiger partial charge in [-0.15, -0.1) is 0 Å². The molecule has 1 aliphatic rings. The molecule has 7 heteroatoms. The molecule has 30 heavy (non-hydrogen) atoms. The average Bonchev–Trinajstić information content (AvgIpc) is 2.76. The summed E-state index contributed by atoms with van der Waals surface area (Å²) < 4.78 is 5.23. The van der Waals surface area contributed by atoms with E-state index in [4.69, 9.17) is 4.74 Å². The van der Waals surface area contributed by atoms with E-state index >= 15 is 0 Å². The van der Waals surface area contributed by atoms with E-state index in [0.29, 0.717) is 6.54 Å². The van der Waals surface area contributed by atoms with Crippen LogP contribution in [0.25, 0.3) is 0 Å². The van der Waals surface area contributed by atoms with Gasteiger partial charge in [-0.3, -0.25) is 10.1 Å². The number of amides is 3. The minimum absolute atomic E-state index is 0.249. The minimum Gasteiger partial charge on any atom is -0.497 e. The molecule has 0 aromatic heterocycles. The molecule has 2 aromatic carbocycles. The molecule has 4 N–H and O–H groups in total. The summed E-state index contributed by atoms with van der Waals surface area (Å²) in [5, 5.41) is 5.15. The molecular weight excluding hydrogens is 380 g/mol. The van der Waals surface area contributed by atoms with Crippen LogP contribution in [0.4, 0.5) is 4.79 Å². The summed E-state index contributed by atoms with van der Waals surface area (Å²) in [6, 6.07) is 17.1. The van der Waals surface area contributed by atoms with Crippen LogP contribution in [-0.4, -0.2) is 51.8 Å². The topological polar surface area (TPSA) is 76.3 Å². The maximum atomic E-state index is 12.9. The first-order valence-corrected chi connectivity index (χ1v) is 10.6. The Morgan fingerprint density at radius 2 is 1.67 bits per heavy atom. The number of hydrogen-bond donors (Lipinski definition) is 4. The molecule has 0 saturated carbocycles. The van der Waals surface area contributed by atoms with Crippen LogP contribution in [0.15, 0.2) is 54.6 Å². The monoisotopic (exact) mass is 412 g/mol. The summed E-state index contributed by atoms with van der Waals surface area (Å²) in [6.07, 6.45) is 0.